The van der Waals surface area contributed by atoms with Crippen molar-refractivity contribution >= 4 is 34.4 Å². The summed E-state index contributed by atoms with van der Waals surface area (Å²) in [4.78, 5) is 29.2. The van der Waals surface area contributed by atoms with Crippen molar-refractivity contribution in [1.29, 1.82) is 0 Å². The fraction of sp³-hybridized carbons (Fsp3) is 0.240. The van der Waals surface area contributed by atoms with Crippen molar-refractivity contribution in [3.8, 4) is 11.6 Å². The molecule has 3 heterocycles. The number of carbonyl (C=O) groups excluding carboxylic acids is 1. The normalized spacial score (nSPS) is 16.6. The van der Waals surface area contributed by atoms with Gasteiger partial charge in [0.1, 0.15) is 0 Å². The van der Waals surface area contributed by atoms with Crippen LogP contribution in [0.25, 0.3) is 16.6 Å². The van der Waals surface area contributed by atoms with Gasteiger partial charge in [0.25, 0.3) is 11.8 Å². The Kier molecular flexibility index (Phi) is 8.18. The second-order valence-electron chi connectivity index (χ2n) is 8.49. The summed E-state index contributed by atoms with van der Waals surface area (Å²) in [6.07, 6.45) is -4.21. The number of nitrogens with zero attached hydrogens (tertiary/aromatic N) is 5. The maximum absolute atomic E-state index is 14.7. The third-order valence-electron chi connectivity index (χ3n) is 5.76. The molecule has 210 valence electrons. The summed E-state index contributed by atoms with van der Waals surface area (Å²) >= 11 is 6.12. The van der Waals surface area contributed by atoms with E-state index < -0.39 is 36.5 Å². The van der Waals surface area contributed by atoms with Crippen molar-refractivity contribution in [3.63, 3.8) is 0 Å². The topological polar surface area (TPSA) is 110 Å². The van der Waals surface area contributed by atoms with Crippen LogP contribution in [0.1, 0.15) is 16.8 Å². The molecule has 9 nitrogen and oxygen atoms in total. The first-order valence-corrected chi connectivity index (χ1v) is 11.9. The number of carbonyl (C=O) groups is 2. The minimum atomic E-state index is -5.08. The van der Waals surface area contributed by atoms with Crippen molar-refractivity contribution in [3.05, 3.63) is 77.6 Å². The number of alkyl halides is 5. The highest BCUT2D eigenvalue weighted by atomic mass is 35.5. The SMILES string of the molecule is O=C(O)C(F)(F)F.O=C(c1cc(Cl)ccc1-n1nccn1)N1CCC(F)(F)C(Oc2ccc3ccccc3n2)C1. The number of likely N-dealkylation sites (tertiary alicyclic amines) is 1. The summed E-state index contributed by atoms with van der Waals surface area (Å²) in [7, 11) is 0. The highest BCUT2D eigenvalue weighted by Crippen LogP contribution is 2.33. The molecule has 2 aromatic carbocycles. The van der Waals surface area contributed by atoms with E-state index in [1.807, 2.05) is 18.2 Å². The molecule has 1 aliphatic rings. The van der Waals surface area contributed by atoms with Crippen LogP contribution >= 0.6 is 11.6 Å². The van der Waals surface area contributed by atoms with E-state index in [1.54, 1.807) is 30.3 Å². The molecule has 15 heteroatoms. The van der Waals surface area contributed by atoms with Gasteiger partial charge in [-0.1, -0.05) is 29.8 Å². The second-order valence-corrected chi connectivity index (χ2v) is 8.93. The largest absolute Gasteiger partial charge is 0.490 e. The van der Waals surface area contributed by atoms with Gasteiger partial charge in [-0.25, -0.2) is 18.6 Å². The summed E-state index contributed by atoms with van der Waals surface area (Å²) in [6, 6.07) is 15.3. The van der Waals surface area contributed by atoms with E-state index in [-0.39, 0.29) is 24.5 Å². The van der Waals surface area contributed by atoms with Gasteiger partial charge >= 0.3 is 12.1 Å². The predicted octanol–water partition coefficient (Wildman–Crippen LogP) is 5.03. The van der Waals surface area contributed by atoms with Crippen molar-refractivity contribution < 1.29 is 41.4 Å². The predicted molar refractivity (Wildman–Crippen MR) is 132 cm³/mol. The third kappa shape index (κ3) is 6.62. The number of para-hydroxylation sites is 1. The average molecular weight is 584 g/mol. The monoisotopic (exact) mass is 583 g/mol. The number of halogens is 6. The summed E-state index contributed by atoms with van der Waals surface area (Å²) in [6.45, 7) is -0.436. The standard InChI is InChI=1S/C23H18ClF2N5O2.C2HF3O2/c24-16-6-7-19(31-27-10-11-28-31)17(13-16)22(32)30-12-9-23(25,26)20(14-30)33-21-8-5-15-3-1-2-4-18(15)29-21;3-2(4,5)1(6)7/h1-8,10-11,13,20H,9,12,14H2;(H,6,7). The molecule has 40 heavy (non-hydrogen) atoms. The van der Waals surface area contributed by atoms with Gasteiger partial charge < -0.3 is 14.7 Å². The number of amides is 1. The van der Waals surface area contributed by atoms with E-state index in [1.165, 1.54) is 28.2 Å². The first-order valence-electron chi connectivity index (χ1n) is 11.5. The van der Waals surface area contributed by atoms with Crippen LogP contribution in [0.3, 0.4) is 0 Å². The number of hydrogen-bond donors (Lipinski definition) is 1. The Balaban J connectivity index is 0.000000470. The Morgan fingerprint density at radius 1 is 1.05 bits per heavy atom. The van der Waals surface area contributed by atoms with Crippen molar-refractivity contribution in [2.24, 2.45) is 0 Å². The van der Waals surface area contributed by atoms with E-state index >= 15 is 0 Å². The molecule has 5 rings (SSSR count). The van der Waals surface area contributed by atoms with Crippen LogP contribution in [-0.4, -0.2) is 73.2 Å². The summed E-state index contributed by atoms with van der Waals surface area (Å²) in [5.74, 6) is -6.25. The molecule has 1 N–H and O–H groups in total. The fourth-order valence-corrected chi connectivity index (χ4v) is 3.97. The maximum Gasteiger partial charge on any atom is 0.490 e. The molecule has 4 aromatic rings. The highest BCUT2D eigenvalue weighted by Gasteiger charge is 2.47. The van der Waals surface area contributed by atoms with Gasteiger partial charge in [0.15, 0.2) is 6.10 Å². The Morgan fingerprint density at radius 3 is 2.40 bits per heavy atom. The number of carboxylic acids is 1. The van der Waals surface area contributed by atoms with E-state index in [4.69, 9.17) is 26.2 Å². The Hall–Kier alpha value is -4.33. The minimum absolute atomic E-state index is 0.0804. The molecule has 0 bridgehead atoms. The number of hydrogen-bond acceptors (Lipinski definition) is 6. The molecule has 1 amide bonds. The molecule has 0 aliphatic carbocycles. The Morgan fingerprint density at radius 2 is 1.73 bits per heavy atom. The molecule has 1 saturated heterocycles. The number of benzene rings is 2. The summed E-state index contributed by atoms with van der Waals surface area (Å²) in [5.41, 5.74) is 1.25. The zero-order valence-electron chi connectivity index (χ0n) is 20.2. The van der Waals surface area contributed by atoms with E-state index in [9.17, 15) is 26.7 Å². The van der Waals surface area contributed by atoms with Crippen LogP contribution in [0.4, 0.5) is 22.0 Å². The number of pyridine rings is 1. The lowest BCUT2D eigenvalue weighted by Crippen LogP contribution is -2.55. The summed E-state index contributed by atoms with van der Waals surface area (Å²) in [5, 5.41) is 16.5. The molecule has 1 unspecified atom stereocenters. The van der Waals surface area contributed by atoms with Crippen molar-refractivity contribution in [2.75, 3.05) is 13.1 Å². The number of aromatic nitrogens is 4. The lowest BCUT2D eigenvalue weighted by molar-refractivity contribution is -0.192. The lowest BCUT2D eigenvalue weighted by atomic mass is 10.0. The molecule has 0 saturated carbocycles. The molecule has 2 aromatic heterocycles. The van der Waals surface area contributed by atoms with Gasteiger partial charge in [-0.2, -0.15) is 28.2 Å². The van der Waals surface area contributed by atoms with Crippen LogP contribution in [0, 0.1) is 0 Å². The van der Waals surface area contributed by atoms with Gasteiger partial charge in [-0.15, -0.1) is 0 Å². The van der Waals surface area contributed by atoms with Crippen LogP contribution < -0.4 is 4.74 Å². The van der Waals surface area contributed by atoms with E-state index in [0.717, 1.165) is 5.39 Å². The van der Waals surface area contributed by atoms with Crippen LogP contribution in [0.15, 0.2) is 67.0 Å². The van der Waals surface area contributed by atoms with E-state index in [2.05, 4.69) is 15.2 Å². The maximum atomic E-state index is 14.7. The average Bonchev–Trinajstić information content (AvgIpc) is 3.44. The van der Waals surface area contributed by atoms with Crippen LogP contribution in [-0.2, 0) is 4.79 Å². The van der Waals surface area contributed by atoms with Crippen molar-refractivity contribution in [2.45, 2.75) is 24.6 Å². The van der Waals surface area contributed by atoms with Crippen LogP contribution in [0.5, 0.6) is 5.88 Å². The second kappa shape index (κ2) is 11.4. The quantitative estimate of drug-likeness (QED) is 0.336. The number of ether oxygens (including phenoxy) is 1. The van der Waals surface area contributed by atoms with Gasteiger partial charge in [-0.3, -0.25) is 4.79 Å². The molecular weight excluding hydrogens is 565 g/mol. The lowest BCUT2D eigenvalue weighted by Gasteiger charge is -2.38. The van der Waals surface area contributed by atoms with Crippen molar-refractivity contribution in [1.82, 2.24) is 24.9 Å². The molecule has 0 radical (unpaired) electrons. The Bertz CT molecular complexity index is 1520. The fourth-order valence-electron chi connectivity index (χ4n) is 3.80. The number of aliphatic carboxylic acids is 1. The van der Waals surface area contributed by atoms with Gasteiger partial charge in [0.05, 0.1) is 35.7 Å². The highest BCUT2D eigenvalue weighted by molar-refractivity contribution is 6.31. The number of piperidine rings is 1. The number of carboxylic acid groups (broad SMARTS) is 1. The van der Waals surface area contributed by atoms with Crippen LogP contribution in [0.2, 0.25) is 5.02 Å². The first kappa shape index (κ1) is 28.7. The third-order valence-corrected chi connectivity index (χ3v) is 6.00. The molecule has 1 aliphatic heterocycles. The van der Waals surface area contributed by atoms with Gasteiger partial charge in [0, 0.05) is 29.4 Å². The zero-order chi connectivity index (χ0) is 29.1. The number of fused-ring (bicyclic) bond motifs is 1. The molecule has 1 atom stereocenters. The molecular formula is C25H19ClF5N5O4. The zero-order valence-corrected chi connectivity index (χ0v) is 21.0. The van der Waals surface area contributed by atoms with Gasteiger partial charge in [-0.05, 0) is 30.3 Å². The van der Waals surface area contributed by atoms with Gasteiger partial charge in [0.2, 0.25) is 5.88 Å². The first-order chi connectivity index (χ1) is 18.8. The minimum Gasteiger partial charge on any atom is -0.475 e. The Labute approximate surface area is 227 Å². The molecule has 0 spiro atoms. The molecule has 1 fully saturated rings. The number of rotatable bonds is 4. The van der Waals surface area contributed by atoms with E-state index in [0.29, 0.717) is 16.2 Å². The smallest absolute Gasteiger partial charge is 0.475 e. The summed E-state index contributed by atoms with van der Waals surface area (Å²) < 4.78 is 66.8.